The number of carbonyl (C=O) groups is 2. The third kappa shape index (κ3) is 2.58. The SMILES string of the molecule is COC(=O)/C=C1/SC(n2nc(C)c3nc4ccccc4nc32)=NC1=O. The van der Waals surface area contributed by atoms with Crippen molar-refractivity contribution >= 4 is 51.0 Å². The van der Waals surface area contributed by atoms with Gasteiger partial charge in [0.25, 0.3) is 5.91 Å². The summed E-state index contributed by atoms with van der Waals surface area (Å²) in [5, 5.41) is 4.73. The van der Waals surface area contributed by atoms with Crippen LogP contribution in [0.15, 0.2) is 40.2 Å². The van der Waals surface area contributed by atoms with Gasteiger partial charge < -0.3 is 4.74 Å². The number of para-hydroxylation sites is 2. The molecule has 1 aliphatic heterocycles. The van der Waals surface area contributed by atoms with Crippen molar-refractivity contribution < 1.29 is 14.3 Å². The summed E-state index contributed by atoms with van der Waals surface area (Å²) in [6.07, 6.45) is 1.11. The summed E-state index contributed by atoms with van der Waals surface area (Å²) in [6, 6.07) is 7.49. The van der Waals surface area contributed by atoms with Crippen molar-refractivity contribution in [2.45, 2.75) is 6.92 Å². The minimum absolute atomic E-state index is 0.178. The van der Waals surface area contributed by atoms with E-state index in [1.165, 1.54) is 11.8 Å². The fourth-order valence-electron chi connectivity index (χ4n) is 2.41. The van der Waals surface area contributed by atoms with E-state index in [1.54, 1.807) is 0 Å². The molecule has 0 saturated heterocycles. The molecule has 0 N–H and O–H groups in total. The number of benzene rings is 1. The highest BCUT2D eigenvalue weighted by molar-refractivity contribution is 8.18. The van der Waals surface area contributed by atoms with Crippen LogP contribution in [0.25, 0.3) is 22.2 Å². The highest BCUT2D eigenvalue weighted by atomic mass is 32.2. The number of esters is 1. The number of hydrogen-bond acceptors (Lipinski definition) is 7. The van der Waals surface area contributed by atoms with Gasteiger partial charge in [0.05, 0.1) is 28.7 Å². The van der Waals surface area contributed by atoms with Gasteiger partial charge in [-0.1, -0.05) is 12.1 Å². The molecule has 1 amide bonds. The van der Waals surface area contributed by atoms with Gasteiger partial charge in [-0.15, -0.1) is 0 Å². The Morgan fingerprint density at radius 1 is 1.24 bits per heavy atom. The number of aromatic nitrogens is 4. The lowest BCUT2D eigenvalue weighted by molar-refractivity contribution is -0.135. The Morgan fingerprint density at radius 3 is 2.68 bits per heavy atom. The molecule has 4 rings (SSSR count). The number of rotatable bonds is 1. The van der Waals surface area contributed by atoms with Gasteiger partial charge >= 0.3 is 5.97 Å². The van der Waals surface area contributed by atoms with E-state index in [4.69, 9.17) is 0 Å². The predicted octanol–water partition coefficient (Wildman–Crippen LogP) is 1.82. The third-order valence-electron chi connectivity index (χ3n) is 3.59. The number of fused-ring (bicyclic) bond motifs is 2. The van der Waals surface area contributed by atoms with E-state index in [-0.39, 0.29) is 4.91 Å². The summed E-state index contributed by atoms with van der Waals surface area (Å²) in [6.45, 7) is 1.81. The molecule has 0 aliphatic carbocycles. The molecule has 0 bridgehead atoms. The van der Waals surface area contributed by atoms with Gasteiger partial charge in [-0.05, 0) is 30.8 Å². The van der Waals surface area contributed by atoms with Crippen LogP contribution in [0.5, 0.6) is 0 Å². The van der Waals surface area contributed by atoms with Crippen LogP contribution < -0.4 is 0 Å². The molecule has 0 radical (unpaired) electrons. The van der Waals surface area contributed by atoms with Crippen LogP contribution in [0.3, 0.4) is 0 Å². The molecule has 124 valence electrons. The minimum atomic E-state index is -0.611. The van der Waals surface area contributed by atoms with E-state index in [1.807, 2.05) is 31.2 Å². The van der Waals surface area contributed by atoms with Gasteiger partial charge in [-0.2, -0.15) is 14.8 Å². The molecule has 1 aliphatic rings. The molecule has 25 heavy (non-hydrogen) atoms. The lowest BCUT2D eigenvalue weighted by Gasteiger charge is -2.01. The zero-order valence-corrected chi connectivity index (χ0v) is 14.1. The maximum atomic E-state index is 12.0. The molecular formula is C16H11N5O3S. The molecule has 0 saturated carbocycles. The first kappa shape index (κ1) is 15.5. The molecule has 2 aromatic heterocycles. The predicted molar refractivity (Wildman–Crippen MR) is 93.1 cm³/mol. The number of thioether (sulfide) groups is 1. The van der Waals surface area contributed by atoms with Crippen LogP contribution in [-0.2, 0) is 14.3 Å². The van der Waals surface area contributed by atoms with E-state index < -0.39 is 11.9 Å². The summed E-state index contributed by atoms with van der Waals surface area (Å²) in [4.78, 5) is 36.7. The quantitative estimate of drug-likeness (QED) is 0.486. The van der Waals surface area contributed by atoms with Crippen molar-refractivity contribution in [1.82, 2.24) is 19.7 Å². The van der Waals surface area contributed by atoms with Crippen molar-refractivity contribution in [2.24, 2.45) is 4.99 Å². The van der Waals surface area contributed by atoms with Gasteiger partial charge in [-0.3, -0.25) is 4.79 Å². The summed E-state index contributed by atoms with van der Waals surface area (Å²) in [5.41, 5.74) is 3.31. The Labute approximate surface area is 145 Å². The lowest BCUT2D eigenvalue weighted by atomic mass is 10.3. The van der Waals surface area contributed by atoms with Crippen LogP contribution >= 0.6 is 11.8 Å². The second kappa shape index (κ2) is 5.78. The van der Waals surface area contributed by atoms with Crippen LogP contribution in [0.2, 0.25) is 0 Å². The Hall–Kier alpha value is -3.07. The van der Waals surface area contributed by atoms with Crippen LogP contribution in [0, 0.1) is 6.92 Å². The maximum Gasteiger partial charge on any atom is 0.331 e. The molecule has 0 unspecified atom stereocenters. The number of hydrogen-bond donors (Lipinski definition) is 0. The molecular weight excluding hydrogens is 342 g/mol. The average Bonchev–Trinajstić information content (AvgIpc) is 3.13. The first-order chi connectivity index (χ1) is 12.1. The number of methoxy groups -OCH3 is 1. The summed E-state index contributed by atoms with van der Waals surface area (Å²) in [7, 11) is 1.25. The van der Waals surface area contributed by atoms with Gasteiger partial charge in [0, 0.05) is 6.08 Å². The Morgan fingerprint density at radius 2 is 1.96 bits per heavy atom. The molecule has 3 heterocycles. The van der Waals surface area contributed by atoms with E-state index in [0.717, 1.165) is 28.9 Å². The average molecular weight is 353 g/mol. The van der Waals surface area contributed by atoms with Gasteiger partial charge in [-0.25, -0.2) is 14.8 Å². The molecule has 0 spiro atoms. The highest BCUT2D eigenvalue weighted by Crippen LogP contribution is 2.29. The number of ether oxygens (including phenoxy) is 1. The summed E-state index contributed by atoms with van der Waals surface area (Å²) < 4.78 is 6.02. The number of amides is 1. The Kier molecular flexibility index (Phi) is 3.57. The third-order valence-corrected chi connectivity index (χ3v) is 4.55. The second-order valence-electron chi connectivity index (χ2n) is 5.22. The molecule has 3 aromatic rings. The second-order valence-corrected chi connectivity index (χ2v) is 6.22. The zero-order chi connectivity index (χ0) is 17.6. The van der Waals surface area contributed by atoms with Crippen molar-refractivity contribution in [1.29, 1.82) is 0 Å². The zero-order valence-electron chi connectivity index (χ0n) is 13.3. The van der Waals surface area contributed by atoms with E-state index >= 15 is 0 Å². The number of nitrogens with zero attached hydrogens (tertiary/aromatic N) is 5. The monoisotopic (exact) mass is 353 g/mol. The fraction of sp³-hybridized carbons (Fsp3) is 0.125. The van der Waals surface area contributed by atoms with E-state index in [0.29, 0.717) is 22.0 Å². The van der Waals surface area contributed by atoms with Crippen LogP contribution in [0.4, 0.5) is 0 Å². The van der Waals surface area contributed by atoms with Crippen molar-refractivity contribution in [3.63, 3.8) is 0 Å². The molecule has 0 fully saturated rings. The summed E-state index contributed by atoms with van der Waals surface area (Å²) in [5.74, 6) is -1.12. The number of carbonyl (C=O) groups excluding carboxylic acids is 2. The molecule has 0 atom stereocenters. The first-order valence-corrected chi connectivity index (χ1v) is 8.11. The molecule has 9 heteroatoms. The number of aryl methyl sites for hydroxylation is 1. The van der Waals surface area contributed by atoms with Crippen LogP contribution in [-0.4, -0.2) is 43.9 Å². The largest absolute Gasteiger partial charge is 0.466 e. The Balaban J connectivity index is 1.84. The highest BCUT2D eigenvalue weighted by Gasteiger charge is 2.27. The fourth-order valence-corrected chi connectivity index (χ4v) is 3.24. The normalized spacial score (nSPS) is 16.0. The topological polar surface area (TPSA) is 99.3 Å². The molecule has 1 aromatic carbocycles. The van der Waals surface area contributed by atoms with E-state index in [2.05, 4.69) is 24.8 Å². The van der Waals surface area contributed by atoms with Crippen molar-refractivity contribution in [2.75, 3.05) is 7.11 Å². The van der Waals surface area contributed by atoms with Gasteiger partial charge in [0.1, 0.15) is 5.52 Å². The molecule has 8 nitrogen and oxygen atoms in total. The smallest absolute Gasteiger partial charge is 0.331 e. The lowest BCUT2D eigenvalue weighted by Crippen LogP contribution is -2.08. The van der Waals surface area contributed by atoms with Crippen LogP contribution in [0.1, 0.15) is 5.69 Å². The first-order valence-electron chi connectivity index (χ1n) is 7.30. The van der Waals surface area contributed by atoms with Gasteiger partial charge in [0.2, 0.25) is 0 Å². The minimum Gasteiger partial charge on any atom is -0.466 e. The summed E-state index contributed by atoms with van der Waals surface area (Å²) >= 11 is 1.04. The van der Waals surface area contributed by atoms with E-state index in [9.17, 15) is 9.59 Å². The number of aliphatic imine (C=N–C) groups is 1. The van der Waals surface area contributed by atoms with Gasteiger partial charge in [0.15, 0.2) is 10.8 Å². The maximum absolute atomic E-state index is 12.0. The Bertz CT molecular complexity index is 1120. The van der Waals surface area contributed by atoms with Crippen molar-refractivity contribution in [3.8, 4) is 0 Å². The standard InChI is InChI=1S/C16H11N5O3S/c1-8-13-14(18-10-6-4-3-5-9(10)17-13)21(20-8)16-19-15(23)11(25-16)7-12(22)24-2/h3-7H,1-2H3/b11-7+. The van der Waals surface area contributed by atoms with Crippen molar-refractivity contribution in [3.05, 3.63) is 40.9 Å².